The van der Waals surface area contributed by atoms with Crippen molar-refractivity contribution in [3.8, 4) is 0 Å². The number of carboxylic acid groups (broad SMARTS) is 1. The lowest BCUT2D eigenvalue weighted by atomic mass is 9.96. The Morgan fingerprint density at radius 2 is 2.43 bits per heavy atom. The van der Waals surface area contributed by atoms with Crippen LogP contribution in [0.3, 0.4) is 0 Å². The first-order valence-corrected chi connectivity index (χ1v) is 4.33. The van der Waals surface area contributed by atoms with E-state index in [1.807, 2.05) is 6.92 Å². The molecule has 3 N–H and O–H groups in total. The molecule has 5 heteroatoms. The highest BCUT2D eigenvalue weighted by atomic mass is 16.4. The molecule has 1 unspecified atom stereocenters. The third kappa shape index (κ3) is 2.50. The van der Waals surface area contributed by atoms with Crippen LogP contribution in [0.25, 0.3) is 0 Å². The van der Waals surface area contributed by atoms with Gasteiger partial charge in [-0.25, -0.2) is 9.97 Å². The zero-order chi connectivity index (χ0) is 10.6. The fourth-order valence-corrected chi connectivity index (χ4v) is 1.33. The Morgan fingerprint density at radius 3 is 2.93 bits per heavy atom. The van der Waals surface area contributed by atoms with Crippen molar-refractivity contribution in [2.24, 2.45) is 5.73 Å². The summed E-state index contributed by atoms with van der Waals surface area (Å²) in [7, 11) is 0. The topological polar surface area (TPSA) is 89.1 Å². The smallest absolute Gasteiger partial charge is 0.304 e. The number of carboxylic acids is 1. The number of nitrogens with two attached hydrogens (primary N) is 1. The molecular formula is C9H13N3O2. The highest BCUT2D eigenvalue weighted by Gasteiger charge is 2.16. The first-order valence-electron chi connectivity index (χ1n) is 4.33. The number of aromatic nitrogens is 2. The highest BCUT2D eigenvalue weighted by Crippen LogP contribution is 2.19. The average Bonchev–Trinajstić information content (AvgIpc) is 2.15. The number of aliphatic carboxylic acids is 1. The second-order valence-electron chi connectivity index (χ2n) is 3.09. The Balaban J connectivity index is 2.89. The number of hydrogen-bond donors (Lipinski definition) is 2. The first kappa shape index (κ1) is 10.6. The lowest BCUT2D eigenvalue weighted by Crippen LogP contribution is -2.17. The van der Waals surface area contributed by atoms with Gasteiger partial charge in [0.2, 0.25) is 0 Å². The second-order valence-corrected chi connectivity index (χ2v) is 3.09. The zero-order valence-electron chi connectivity index (χ0n) is 7.97. The van der Waals surface area contributed by atoms with Crippen molar-refractivity contribution in [1.82, 2.24) is 9.97 Å². The third-order valence-corrected chi connectivity index (χ3v) is 2.09. The molecule has 1 rings (SSSR count). The van der Waals surface area contributed by atoms with Gasteiger partial charge in [0.25, 0.3) is 0 Å². The van der Waals surface area contributed by atoms with E-state index in [9.17, 15) is 4.79 Å². The number of hydrogen-bond acceptors (Lipinski definition) is 4. The Labute approximate surface area is 82.0 Å². The van der Waals surface area contributed by atoms with E-state index in [0.717, 1.165) is 11.3 Å². The van der Waals surface area contributed by atoms with Crippen LogP contribution >= 0.6 is 0 Å². The van der Waals surface area contributed by atoms with Crippen LogP contribution < -0.4 is 5.73 Å². The number of aryl methyl sites for hydroxylation is 1. The molecule has 0 bridgehead atoms. The van der Waals surface area contributed by atoms with E-state index in [0.29, 0.717) is 6.54 Å². The molecule has 0 aliphatic rings. The molecule has 0 saturated heterocycles. The molecule has 0 aliphatic carbocycles. The molecule has 1 atom stereocenters. The van der Waals surface area contributed by atoms with Crippen LogP contribution in [0.2, 0.25) is 0 Å². The van der Waals surface area contributed by atoms with Gasteiger partial charge in [0, 0.05) is 17.8 Å². The van der Waals surface area contributed by atoms with Gasteiger partial charge in [-0.15, -0.1) is 0 Å². The lowest BCUT2D eigenvalue weighted by Gasteiger charge is -2.13. The Bertz CT molecular complexity index is 328. The van der Waals surface area contributed by atoms with Gasteiger partial charge >= 0.3 is 5.97 Å². The molecule has 1 heterocycles. The van der Waals surface area contributed by atoms with Crippen LogP contribution in [-0.4, -0.2) is 27.6 Å². The molecule has 0 radical (unpaired) electrons. The minimum absolute atomic E-state index is 0.0186. The Kier molecular flexibility index (Phi) is 3.53. The van der Waals surface area contributed by atoms with Gasteiger partial charge in [-0.1, -0.05) is 0 Å². The molecule has 5 nitrogen and oxygen atoms in total. The van der Waals surface area contributed by atoms with Crippen molar-refractivity contribution in [2.75, 3.05) is 6.54 Å². The maximum Gasteiger partial charge on any atom is 0.304 e. The van der Waals surface area contributed by atoms with E-state index in [2.05, 4.69) is 9.97 Å². The van der Waals surface area contributed by atoms with Gasteiger partial charge < -0.3 is 10.8 Å². The van der Waals surface area contributed by atoms with E-state index >= 15 is 0 Å². The van der Waals surface area contributed by atoms with Crippen molar-refractivity contribution in [3.63, 3.8) is 0 Å². The van der Waals surface area contributed by atoms with Gasteiger partial charge in [0.1, 0.15) is 6.33 Å². The molecule has 14 heavy (non-hydrogen) atoms. The van der Waals surface area contributed by atoms with Crippen molar-refractivity contribution < 1.29 is 9.90 Å². The zero-order valence-corrected chi connectivity index (χ0v) is 7.97. The molecule has 0 saturated carbocycles. The predicted molar refractivity (Wildman–Crippen MR) is 50.8 cm³/mol. The summed E-state index contributed by atoms with van der Waals surface area (Å²) in [6.45, 7) is 2.11. The quantitative estimate of drug-likeness (QED) is 0.721. The first-order chi connectivity index (χ1) is 6.65. The molecular weight excluding hydrogens is 182 g/mol. The van der Waals surface area contributed by atoms with E-state index in [4.69, 9.17) is 10.8 Å². The van der Waals surface area contributed by atoms with E-state index < -0.39 is 5.97 Å². The van der Waals surface area contributed by atoms with Crippen LogP contribution in [0, 0.1) is 6.92 Å². The van der Waals surface area contributed by atoms with E-state index in [1.165, 1.54) is 6.33 Å². The van der Waals surface area contributed by atoms with Crippen LogP contribution in [0.4, 0.5) is 0 Å². The summed E-state index contributed by atoms with van der Waals surface area (Å²) in [5, 5.41) is 8.67. The average molecular weight is 195 g/mol. The van der Waals surface area contributed by atoms with E-state index in [-0.39, 0.29) is 12.3 Å². The summed E-state index contributed by atoms with van der Waals surface area (Å²) in [6.07, 6.45) is 3.08. The summed E-state index contributed by atoms with van der Waals surface area (Å²) < 4.78 is 0. The molecule has 0 spiro atoms. The summed E-state index contributed by atoms with van der Waals surface area (Å²) >= 11 is 0. The fourth-order valence-electron chi connectivity index (χ4n) is 1.33. The maximum atomic E-state index is 10.6. The van der Waals surface area contributed by atoms with Crippen LogP contribution in [0.5, 0.6) is 0 Å². The van der Waals surface area contributed by atoms with Crippen LogP contribution in [0.1, 0.15) is 23.6 Å². The Hall–Kier alpha value is -1.49. The number of rotatable bonds is 4. The number of carbonyl (C=O) groups is 1. The summed E-state index contributed by atoms with van der Waals surface area (Å²) in [5.41, 5.74) is 7.11. The maximum absolute atomic E-state index is 10.6. The monoisotopic (exact) mass is 195 g/mol. The second kappa shape index (κ2) is 4.66. The lowest BCUT2D eigenvalue weighted by molar-refractivity contribution is -0.137. The van der Waals surface area contributed by atoms with Gasteiger partial charge in [-0.05, 0) is 19.0 Å². The normalized spacial score (nSPS) is 12.4. The van der Waals surface area contributed by atoms with Gasteiger partial charge in [-0.2, -0.15) is 0 Å². The van der Waals surface area contributed by atoms with Crippen LogP contribution in [-0.2, 0) is 4.79 Å². The fraction of sp³-hybridized carbons (Fsp3) is 0.444. The van der Waals surface area contributed by atoms with E-state index in [1.54, 1.807) is 6.20 Å². The molecule has 0 fully saturated rings. The predicted octanol–water partition coefficient (Wildman–Crippen LogP) is 0.302. The van der Waals surface area contributed by atoms with Crippen molar-refractivity contribution in [1.29, 1.82) is 0 Å². The molecule has 0 amide bonds. The standard InChI is InChI=1S/C9H13N3O2/c1-6-8(4-11-5-12-6)7(3-10)2-9(13)14/h4-5,7H,2-3,10H2,1H3,(H,13,14). The van der Waals surface area contributed by atoms with Gasteiger partial charge in [0.15, 0.2) is 0 Å². The van der Waals surface area contributed by atoms with Gasteiger partial charge in [0.05, 0.1) is 6.42 Å². The molecule has 1 aromatic heterocycles. The van der Waals surface area contributed by atoms with Crippen molar-refractivity contribution >= 4 is 5.97 Å². The molecule has 1 aromatic rings. The minimum Gasteiger partial charge on any atom is -0.481 e. The van der Waals surface area contributed by atoms with Crippen LogP contribution in [0.15, 0.2) is 12.5 Å². The summed E-state index contributed by atoms with van der Waals surface area (Å²) in [4.78, 5) is 18.4. The third-order valence-electron chi connectivity index (χ3n) is 2.09. The Morgan fingerprint density at radius 1 is 1.71 bits per heavy atom. The largest absolute Gasteiger partial charge is 0.481 e. The SMILES string of the molecule is Cc1ncncc1C(CN)CC(=O)O. The number of nitrogens with zero attached hydrogens (tertiary/aromatic N) is 2. The van der Waals surface area contributed by atoms with Gasteiger partial charge in [-0.3, -0.25) is 4.79 Å². The van der Waals surface area contributed by atoms with Crippen molar-refractivity contribution in [3.05, 3.63) is 23.8 Å². The van der Waals surface area contributed by atoms with Crippen molar-refractivity contribution in [2.45, 2.75) is 19.3 Å². The molecule has 0 aliphatic heterocycles. The highest BCUT2D eigenvalue weighted by molar-refractivity contribution is 5.68. The summed E-state index contributed by atoms with van der Waals surface area (Å²) in [6, 6.07) is 0. The molecule has 76 valence electrons. The molecule has 0 aromatic carbocycles. The summed E-state index contributed by atoms with van der Waals surface area (Å²) in [5.74, 6) is -1.06. The minimum atomic E-state index is -0.858.